The molecule has 1 aromatic heterocycles. The molecule has 8 heteroatoms. The van der Waals surface area contributed by atoms with Crippen LogP contribution in [-0.2, 0) is 10.2 Å². The van der Waals surface area contributed by atoms with E-state index in [9.17, 15) is 8.42 Å². The molecule has 2 heterocycles. The van der Waals surface area contributed by atoms with Crippen molar-refractivity contribution < 1.29 is 8.42 Å². The lowest BCUT2D eigenvalue weighted by Gasteiger charge is -2.16. The first-order chi connectivity index (χ1) is 8.88. The number of nitrogens with two attached hydrogens (primary N) is 1. The van der Waals surface area contributed by atoms with Gasteiger partial charge < -0.3 is 0 Å². The highest BCUT2D eigenvalue weighted by atomic mass is 32.2. The van der Waals surface area contributed by atoms with E-state index in [0.29, 0.717) is 25.9 Å². The monoisotopic (exact) mass is 285 g/mol. The van der Waals surface area contributed by atoms with E-state index in [1.165, 1.54) is 4.31 Å². The van der Waals surface area contributed by atoms with E-state index < -0.39 is 10.2 Å². The standard InChI is InChI=1S/C11H19N5O2S/c1-9(2)16-8-11(13-14-16)10-4-3-6-15(7-5-10)19(12,17)18/h4,8-9H,3,5-7H2,1-2H3,(H2,12,17,18). The summed E-state index contributed by atoms with van der Waals surface area (Å²) in [5.41, 5.74) is 1.84. The zero-order valence-electron chi connectivity index (χ0n) is 11.2. The predicted molar refractivity (Wildman–Crippen MR) is 72.3 cm³/mol. The van der Waals surface area contributed by atoms with Gasteiger partial charge in [-0.1, -0.05) is 11.3 Å². The smallest absolute Gasteiger partial charge is 0.249 e. The molecule has 0 spiro atoms. The molecule has 0 unspecified atom stereocenters. The van der Waals surface area contributed by atoms with Gasteiger partial charge in [0.15, 0.2) is 0 Å². The highest BCUT2D eigenvalue weighted by molar-refractivity contribution is 7.86. The average Bonchev–Trinajstić information content (AvgIpc) is 2.66. The molecule has 7 nitrogen and oxygen atoms in total. The summed E-state index contributed by atoms with van der Waals surface area (Å²) in [4.78, 5) is 0. The van der Waals surface area contributed by atoms with Gasteiger partial charge in [-0.15, -0.1) is 5.10 Å². The Hall–Kier alpha value is -1.25. The van der Waals surface area contributed by atoms with Crippen LogP contribution in [0.15, 0.2) is 12.3 Å². The lowest BCUT2D eigenvalue weighted by molar-refractivity contribution is 0.430. The third kappa shape index (κ3) is 3.40. The Morgan fingerprint density at radius 3 is 2.68 bits per heavy atom. The zero-order valence-corrected chi connectivity index (χ0v) is 12.0. The maximum atomic E-state index is 11.3. The van der Waals surface area contributed by atoms with E-state index in [1.54, 1.807) is 4.68 Å². The molecule has 0 saturated carbocycles. The summed E-state index contributed by atoms with van der Waals surface area (Å²) in [5, 5.41) is 13.3. The number of hydrogen-bond acceptors (Lipinski definition) is 4. The SMILES string of the molecule is CC(C)n1cc(C2=CCCN(S(N)(=O)=O)CC2)nn1. The molecule has 2 rings (SSSR count). The fourth-order valence-electron chi connectivity index (χ4n) is 2.01. The molecule has 1 aliphatic rings. The van der Waals surface area contributed by atoms with Crippen molar-refractivity contribution in [3.8, 4) is 0 Å². The second kappa shape index (κ2) is 5.40. The molecule has 0 atom stereocenters. The quantitative estimate of drug-likeness (QED) is 0.877. The van der Waals surface area contributed by atoms with Crippen LogP contribution in [0.25, 0.3) is 5.57 Å². The molecule has 0 fully saturated rings. The topological polar surface area (TPSA) is 94.1 Å². The van der Waals surface area contributed by atoms with Gasteiger partial charge in [0, 0.05) is 19.1 Å². The van der Waals surface area contributed by atoms with E-state index in [-0.39, 0.29) is 6.04 Å². The molecule has 0 bridgehead atoms. The van der Waals surface area contributed by atoms with Crippen molar-refractivity contribution in [2.24, 2.45) is 5.14 Å². The molecule has 1 aromatic rings. The summed E-state index contributed by atoms with van der Waals surface area (Å²) < 4.78 is 25.7. The number of nitrogens with zero attached hydrogens (tertiary/aromatic N) is 4. The summed E-state index contributed by atoms with van der Waals surface area (Å²) in [6, 6.07) is 0.258. The lowest BCUT2D eigenvalue weighted by Crippen LogP contribution is -2.37. The van der Waals surface area contributed by atoms with Gasteiger partial charge in [-0.2, -0.15) is 12.7 Å². The van der Waals surface area contributed by atoms with Crippen molar-refractivity contribution in [3.05, 3.63) is 18.0 Å². The van der Waals surface area contributed by atoms with Gasteiger partial charge in [0.2, 0.25) is 0 Å². The van der Waals surface area contributed by atoms with Crippen LogP contribution in [0.3, 0.4) is 0 Å². The van der Waals surface area contributed by atoms with Crippen molar-refractivity contribution in [1.82, 2.24) is 19.3 Å². The minimum absolute atomic E-state index is 0.258. The summed E-state index contributed by atoms with van der Waals surface area (Å²) in [6.07, 6.45) is 5.15. The summed E-state index contributed by atoms with van der Waals surface area (Å²) >= 11 is 0. The number of hydrogen-bond donors (Lipinski definition) is 1. The number of rotatable bonds is 3. The van der Waals surface area contributed by atoms with Crippen LogP contribution in [0.5, 0.6) is 0 Å². The molecule has 0 amide bonds. The van der Waals surface area contributed by atoms with E-state index in [0.717, 1.165) is 11.3 Å². The summed E-state index contributed by atoms with van der Waals surface area (Å²) in [6.45, 7) is 4.87. The predicted octanol–water partition coefficient (Wildman–Crippen LogP) is 0.542. The Labute approximate surface area is 113 Å². The molecular formula is C11H19N5O2S. The normalized spacial score (nSPS) is 18.4. The number of aromatic nitrogens is 3. The highest BCUT2D eigenvalue weighted by Gasteiger charge is 2.20. The lowest BCUT2D eigenvalue weighted by atomic mass is 10.1. The van der Waals surface area contributed by atoms with Gasteiger partial charge in [-0.25, -0.2) is 9.82 Å². The van der Waals surface area contributed by atoms with E-state index >= 15 is 0 Å². The minimum atomic E-state index is -3.60. The third-order valence-electron chi connectivity index (χ3n) is 3.13. The Bertz CT molecular complexity index is 576. The summed E-state index contributed by atoms with van der Waals surface area (Å²) in [5.74, 6) is 0. The zero-order chi connectivity index (χ0) is 14.0. The van der Waals surface area contributed by atoms with Gasteiger partial charge in [0.05, 0.1) is 6.20 Å². The van der Waals surface area contributed by atoms with Crippen molar-refractivity contribution in [2.45, 2.75) is 32.7 Å². The second-order valence-corrected chi connectivity index (χ2v) is 6.44. The molecule has 1 aliphatic heterocycles. The molecule has 2 N–H and O–H groups in total. The first-order valence-corrected chi connectivity index (χ1v) is 7.77. The second-order valence-electron chi connectivity index (χ2n) is 4.89. The van der Waals surface area contributed by atoms with E-state index in [2.05, 4.69) is 10.3 Å². The van der Waals surface area contributed by atoms with Crippen LogP contribution in [0, 0.1) is 0 Å². The third-order valence-corrected chi connectivity index (χ3v) is 4.21. The minimum Gasteiger partial charge on any atom is -0.249 e. The van der Waals surface area contributed by atoms with Crippen LogP contribution in [-0.4, -0.2) is 40.8 Å². The van der Waals surface area contributed by atoms with Crippen LogP contribution in [0.1, 0.15) is 38.4 Å². The Kier molecular flexibility index (Phi) is 4.02. The fraction of sp³-hybridized carbons (Fsp3) is 0.636. The van der Waals surface area contributed by atoms with Crippen molar-refractivity contribution in [1.29, 1.82) is 0 Å². The van der Waals surface area contributed by atoms with Gasteiger partial charge in [0.1, 0.15) is 5.69 Å². The van der Waals surface area contributed by atoms with Crippen molar-refractivity contribution in [3.63, 3.8) is 0 Å². The van der Waals surface area contributed by atoms with Crippen LogP contribution < -0.4 is 5.14 Å². The van der Waals surface area contributed by atoms with Crippen LogP contribution >= 0.6 is 0 Å². The Morgan fingerprint density at radius 1 is 1.37 bits per heavy atom. The first-order valence-electron chi connectivity index (χ1n) is 6.27. The van der Waals surface area contributed by atoms with E-state index in [4.69, 9.17) is 5.14 Å². The van der Waals surface area contributed by atoms with E-state index in [1.807, 2.05) is 26.1 Å². The molecule has 106 valence electrons. The Balaban J connectivity index is 2.12. The maximum absolute atomic E-state index is 11.3. The molecular weight excluding hydrogens is 266 g/mol. The van der Waals surface area contributed by atoms with Gasteiger partial charge >= 0.3 is 0 Å². The largest absolute Gasteiger partial charge is 0.276 e. The highest BCUT2D eigenvalue weighted by Crippen LogP contribution is 2.21. The maximum Gasteiger partial charge on any atom is 0.276 e. The van der Waals surface area contributed by atoms with Crippen molar-refractivity contribution in [2.75, 3.05) is 13.1 Å². The van der Waals surface area contributed by atoms with Crippen molar-refractivity contribution >= 4 is 15.8 Å². The summed E-state index contributed by atoms with van der Waals surface area (Å²) in [7, 11) is -3.60. The average molecular weight is 285 g/mol. The van der Waals surface area contributed by atoms with Crippen LogP contribution in [0.2, 0.25) is 0 Å². The van der Waals surface area contributed by atoms with Gasteiger partial charge in [-0.05, 0) is 32.3 Å². The van der Waals surface area contributed by atoms with Crippen LogP contribution in [0.4, 0.5) is 0 Å². The molecule has 19 heavy (non-hydrogen) atoms. The molecule has 0 aromatic carbocycles. The first kappa shape index (κ1) is 14.2. The fourth-order valence-corrected chi connectivity index (χ4v) is 2.71. The molecule has 0 radical (unpaired) electrons. The van der Waals surface area contributed by atoms with Gasteiger partial charge in [0.25, 0.3) is 10.2 Å². The molecule has 0 saturated heterocycles. The Morgan fingerprint density at radius 2 is 2.11 bits per heavy atom. The molecule has 0 aliphatic carbocycles. The van der Waals surface area contributed by atoms with Gasteiger partial charge in [-0.3, -0.25) is 0 Å².